The number of hydrogen-bond donors (Lipinski definition) is 1. The minimum absolute atomic E-state index is 0.121. The van der Waals surface area contributed by atoms with E-state index in [0.717, 1.165) is 16.7 Å². The lowest BCUT2D eigenvalue weighted by molar-refractivity contribution is 0.0790. The summed E-state index contributed by atoms with van der Waals surface area (Å²) < 4.78 is 18.8. The first-order chi connectivity index (χ1) is 13.3. The molecule has 2 heterocycles. The first-order valence-corrected chi connectivity index (χ1v) is 9.00. The van der Waals surface area contributed by atoms with Crippen LogP contribution in [0.15, 0.2) is 54.7 Å². The van der Waals surface area contributed by atoms with E-state index in [1.165, 1.54) is 0 Å². The van der Waals surface area contributed by atoms with Gasteiger partial charge in [0.25, 0.3) is 5.91 Å². The lowest BCUT2D eigenvalue weighted by Gasteiger charge is -2.26. The first-order valence-electron chi connectivity index (χ1n) is 9.00. The van der Waals surface area contributed by atoms with E-state index in [4.69, 9.17) is 14.2 Å². The molecule has 0 unspecified atom stereocenters. The molecular weight excluding hydrogens is 344 g/mol. The molecule has 0 radical (unpaired) electrons. The van der Waals surface area contributed by atoms with Crippen molar-refractivity contribution in [2.24, 2.45) is 0 Å². The molecule has 1 amide bonds. The molecule has 0 spiro atoms. The highest BCUT2D eigenvalue weighted by Crippen LogP contribution is 2.30. The fraction of sp³-hybridized carbons (Fsp3) is 0.286. The van der Waals surface area contributed by atoms with Gasteiger partial charge < -0.3 is 24.1 Å². The molecule has 3 aromatic rings. The van der Waals surface area contributed by atoms with Crippen molar-refractivity contribution >= 4 is 16.8 Å². The number of ether oxygens (including phenoxy) is 3. The Hall–Kier alpha value is -2.99. The van der Waals surface area contributed by atoms with Crippen molar-refractivity contribution in [3.63, 3.8) is 0 Å². The molecule has 6 heteroatoms. The minimum Gasteiger partial charge on any atom is -0.486 e. The second-order valence-electron chi connectivity index (χ2n) is 6.45. The molecule has 0 saturated carbocycles. The third-order valence-electron chi connectivity index (χ3n) is 4.63. The van der Waals surface area contributed by atoms with Crippen molar-refractivity contribution in [2.45, 2.75) is 12.6 Å². The summed E-state index contributed by atoms with van der Waals surface area (Å²) in [6.07, 6.45) is 1.66. The lowest BCUT2D eigenvalue weighted by Crippen LogP contribution is -2.40. The molecule has 1 N–H and O–H groups in total. The van der Waals surface area contributed by atoms with E-state index in [1.807, 2.05) is 59.3 Å². The predicted octanol–water partition coefficient (Wildman–Crippen LogP) is 2.86. The SMILES string of the molecule is COCCn1cc(C(=O)NC[C@H]2COc3ccccc3O2)c2ccccc21. The number of benzene rings is 2. The topological polar surface area (TPSA) is 61.7 Å². The van der Waals surface area contributed by atoms with Gasteiger partial charge in [-0.3, -0.25) is 4.79 Å². The zero-order valence-corrected chi connectivity index (χ0v) is 15.2. The van der Waals surface area contributed by atoms with E-state index in [9.17, 15) is 4.79 Å². The van der Waals surface area contributed by atoms with Crippen molar-refractivity contribution in [1.29, 1.82) is 0 Å². The Bertz CT molecular complexity index is 950. The second kappa shape index (κ2) is 7.72. The monoisotopic (exact) mass is 366 g/mol. The number of amides is 1. The maximum atomic E-state index is 12.8. The summed E-state index contributed by atoms with van der Waals surface area (Å²) in [5.41, 5.74) is 1.67. The number of hydrogen-bond acceptors (Lipinski definition) is 4. The summed E-state index contributed by atoms with van der Waals surface area (Å²) in [5, 5.41) is 3.90. The summed E-state index contributed by atoms with van der Waals surface area (Å²) in [4.78, 5) is 12.8. The molecule has 0 fully saturated rings. The van der Waals surface area contributed by atoms with Crippen LogP contribution in [0.3, 0.4) is 0 Å². The molecule has 6 nitrogen and oxygen atoms in total. The highest BCUT2D eigenvalue weighted by Gasteiger charge is 2.22. The Kier molecular flexibility index (Phi) is 4.98. The van der Waals surface area contributed by atoms with Gasteiger partial charge in [0, 0.05) is 30.8 Å². The maximum absolute atomic E-state index is 12.8. The zero-order valence-electron chi connectivity index (χ0n) is 15.2. The molecule has 27 heavy (non-hydrogen) atoms. The lowest BCUT2D eigenvalue weighted by atomic mass is 10.1. The Balaban J connectivity index is 1.46. The largest absolute Gasteiger partial charge is 0.486 e. The number of para-hydroxylation sites is 3. The maximum Gasteiger partial charge on any atom is 0.253 e. The van der Waals surface area contributed by atoms with Crippen LogP contribution in [-0.4, -0.2) is 43.4 Å². The molecule has 1 aliphatic rings. The van der Waals surface area contributed by atoms with Gasteiger partial charge >= 0.3 is 0 Å². The van der Waals surface area contributed by atoms with Crippen molar-refractivity contribution in [3.8, 4) is 11.5 Å². The van der Waals surface area contributed by atoms with Crippen LogP contribution < -0.4 is 14.8 Å². The second-order valence-corrected chi connectivity index (χ2v) is 6.45. The summed E-state index contributed by atoms with van der Waals surface area (Å²) >= 11 is 0. The third-order valence-corrected chi connectivity index (χ3v) is 4.63. The number of carbonyl (C=O) groups excluding carboxylic acids is 1. The molecule has 1 aromatic heterocycles. The zero-order chi connectivity index (χ0) is 18.6. The van der Waals surface area contributed by atoms with Gasteiger partial charge in [-0.25, -0.2) is 0 Å². The first kappa shape index (κ1) is 17.4. The number of methoxy groups -OCH3 is 1. The Morgan fingerprint density at radius 2 is 1.96 bits per heavy atom. The smallest absolute Gasteiger partial charge is 0.253 e. The van der Waals surface area contributed by atoms with Crippen molar-refractivity contribution < 1.29 is 19.0 Å². The van der Waals surface area contributed by atoms with E-state index in [2.05, 4.69) is 5.32 Å². The number of rotatable bonds is 6. The summed E-state index contributed by atoms with van der Waals surface area (Å²) in [7, 11) is 1.67. The van der Waals surface area contributed by atoms with Crippen LogP contribution >= 0.6 is 0 Å². The predicted molar refractivity (Wildman–Crippen MR) is 103 cm³/mol. The van der Waals surface area contributed by atoms with Gasteiger partial charge in [0.05, 0.1) is 18.7 Å². The van der Waals surface area contributed by atoms with Crippen LogP contribution in [0.4, 0.5) is 0 Å². The van der Waals surface area contributed by atoms with E-state index in [1.54, 1.807) is 7.11 Å². The number of aromatic nitrogens is 1. The molecule has 1 atom stereocenters. The number of fused-ring (bicyclic) bond motifs is 2. The van der Waals surface area contributed by atoms with Gasteiger partial charge in [0.1, 0.15) is 12.7 Å². The van der Waals surface area contributed by atoms with Crippen molar-refractivity contribution in [2.75, 3.05) is 26.9 Å². The summed E-state index contributed by atoms with van der Waals surface area (Å²) in [6, 6.07) is 15.4. The molecule has 4 rings (SSSR count). The quantitative estimate of drug-likeness (QED) is 0.729. The summed E-state index contributed by atoms with van der Waals surface area (Å²) in [6.45, 7) is 2.07. The molecule has 1 aliphatic heterocycles. The van der Waals surface area contributed by atoms with Crippen LogP contribution in [0.5, 0.6) is 11.5 Å². The third kappa shape index (κ3) is 3.61. The van der Waals surface area contributed by atoms with Crippen LogP contribution in [0.2, 0.25) is 0 Å². The van der Waals surface area contributed by atoms with E-state index in [0.29, 0.717) is 37.6 Å². The molecule has 0 bridgehead atoms. The van der Waals surface area contributed by atoms with Crippen LogP contribution in [0.1, 0.15) is 10.4 Å². The van der Waals surface area contributed by atoms with Crippen LogP contribution in [0, 0.1) is 0 Å². The Morgan fingerprint density at radius 3 is 2.81 bits per heavy atom. The molecule has 0 aliphatic carbocycles. The fourth-order valence-electron chi connectivity index (χ4n) is 3.27. The van der Waals surface area contributed by atoms with Crippen molar-refractivity contribution in [1.82, 2.24) is 9.88 Å². The molecular formula is C21H22N2O4. The van der Waals surface area contributed by atoms with Gasteiger partial charge in [0.15, 0.2) is 11.5 Å². The molecule has 140 valence electrons. The van der Waals surface area contributed by atoms with Gasteiger partial charge in [-0.15, -0.1) is 0 Å². The van der Waals surface area contributed by atoms with Gasteiger partial charge in [-0.05, 0) is 18.2 Å². The van der Waals surface area contributed by atoms with Crippen LogP contribution in [0.25, 0.3) is 10.9 Å². The standard InChI is InChI=1S/C21H22N2O4/c1-25-11-10-23-13-17(16-6-2-3-7-18(16)23)21(24)22-12-15-14-26-19-8-4-5-9-20(19)27-15/h2-9,13,15H,10-12,14H2,1H3,(H,22,24)/t15-/m0/s1. The van der Waals surface area contributed by atoms with Gasteiger partial charge in [-0.1, -0.05) is 30.3 Å². The van der Waals surface area contributed by atoms with E-state index >= 15 is 0 Å². The van der Waals surface area contributed by atoms with E-state index < -0.39 is 0 Å². The Morgan fingerprint density at radius 1 is 1.19 bits per heavy atom. The Labute approximate surface area is 157 Å². The molecule has 2 aromatic carbocycles. The van der Waals surface area contributed by atoms with E-state index in [-0.39, 0.29) is 12.0 Å². The average Bonchev–Trinajstić information content (AvgIpc) is 3.09. The molecule has 0 saturated heterocycles. The number of carbonyl (C=O) groups is 1. The fourth-order valence-corrected chi connectivity index (χ4v) is 3.27. The van der Waals surface area contributed by atoms with Gasteiger partial charge in [0.2, 0.25) is 0 Å². The number of nitrogens with zero attached hydrogens (tertiary/aromatic N) is 1. The summed E-state index contributed by atoms with van der Waals surface area (Å²) in [5.74, 6) is 1.32. The van der Waals surface area contributed by atoms with Gasteiger partial charge in [-0.2, -0.15) is 0 Å². The van der Waals surface area contributed by atoms with Crippen LogP contribution in [-0.2, 0) is 11.3 Å². The highest BCUT2D eigenvalue weighted by molar-refractivity contribution is 6.07. The van der Waals surface area contributed by atoms with Crippen molar-refractivity contribution in [3.05, 3.63) is 60.3 Å². The average molecular weight is 366 g/mol. The highest BCUT2D eigenvalue weighted by atomic mass is 16.6. The normalized spacial score (nSPS) is 15.7. The minimum atomic E-state index is -0.217. The number of nitrogens with one attached hydrogen (secondary N) is 1.